The van der Waals surface area contributed by atoms with E-state index in [9.17, 15) is 9.90 Å². The Balaban J connectivity index is 1.68. The van der Waals surface area contributed by atoms with Crippen LogP contribution in [0.15, 0.2) is 11.6 Å². The molecule has 0 aromatic rings. The fourth-order valence-electron chi connectivity index (χ4n) is 7.75. The van der Waals surface area contributed by atoms with E-state index in [0.29, 0.717) is 23.0 Å². The van der Waals surface area contributed by atoms with E-state index < -0.39 is 0 Å². The zero-order valence-corrected chi connectivity index (χ0v) is 15.6. The van der Waals surface area contributed by atoms with E-state index in [1.807, 2.05) is 13.0 Å². The summed E-state index contributed by atoms with van der Waals surface area (Å²) < 4.78 is 0. The quantitative estimate of drug-likeness (QED) is 0.792. The maximum atomic E-state index is 11.9. The van der Waals surface area contributed by atoms with Gasteiger partial charge < -0.3 is 5.11 Å². The summed E-state index contributed by atoms with van der Waals surface area (Å²) in [5.41, 5.74) is 1.82. The second-order valence-corrected chi connectivity index (χ2v) is 9.52. The molecule has 0 heterocycles. The lowest BCUT2D eigenvalue weighted by Crippen LogP contribution is -2.51. The van der Waals surface area contributed by atoms with Crippen molar-refractivity contribution in [2.45, 2.75) is 78.2 Å². The first-order valence-electron chi connectivity index (χ1n) is 10.4. The van der Waals surface area contributed by atoms with Crippen molar-refractivity contribution in [3.63, 3.8) is 0 Å². The van der Waals surface area contributed by atoms with Gasteiger partial charge in [0, 0.05) is 6.42 Å². The van der Waals surface area contributed by atoms with E-state index in [1.54, 1.807) is 0 Å². The van der Waals surface area contributed by atoms with Gasteiger partial charge in [0.15, 0.2) is 5.78 Å². The molecule has 2 unspecified atom stereocenters. The number of aliphatic hydroxyl groups is 1. The molecule has 8 atom stereocenters. The van der Waals surface area contributed by atoms with Crippen molar-refractivity contribution in [3.8, 4) is 0 Å². The Morgan fingerprint density at radius 2 is 2.04 bits per heavy atom. The molecule has 4 aliphatic rings. The van der Waals surface area contributed by atoms with E-state index in [-0.39, 0.29) is 6.10 Å². The van der Waals surface area contributed by atoms with Crippen molar-refractivity contribution in [1.29, 1.82) is 0 Å². The molecule has 2 heteroatoms. The Bertz CT molecular complexity index is 548. The maximum absolute atomic E-state index is 11.9. The molecule has 4 aliphatic carbocycles. The fraction of sp³-hybridized carbons (Fsp3) is 0.864. The summed E-state index contributed by atoms with van der Waals surface area (Å²) in [6, 6.07) is 0. The molecule has 3 fully saturated rings. The van der Waals surface area contributed by atoms with Crippen LogP contribution >= 0.6 is 0 Å². The first-order chi connectivity index (χ1) is 11.5. The van der Waals surface area contributed by atoms with E-state index in [2.05, 4.69) is 13.8 Å². The summed E-state index contributed by atoms with van der Waals surface area (Å²) in [5, 5.41) is 10.4. The number of ketones is 1. The molecule has 0 aromatic heterocycles. The van der Waals surface area contributed by atoms with Crippen LogP contribution in [-0.4, -0.2) is 17.0 Å². The van der Waals surface area contributed by atoms with Gasteiger partial charge in [-0.1, -0.05) is 25.8 Å². The highest BCUT2D eigenvalue weighted by Crippen LogP contribution is 2.66. The third-order valence-corrected chi connectivity index (χ3v) is 8.60. The summed E-state index contributed by atoms with van der Waals surface area (Å²) in [6.07, 6.45) is 11.2. The van der Waals surface area contributed by atoms with E-state index in [1.165, 1.54) is 37.7 Å². The van der Waals surface area contributed by atoms with Gasteiger partial charge in [0.1, 0.15) is 0 Å². The van der Waals surface area contributed by atoms with Gasteiger partial charge in [-0.05, 0) is 92.4 Å². The number of aliphatic hydroxyl groups excluding tert-OH is 1. The summed E-state index contributed by atoms with van der Waals surface area (Å²) in [6.45, 7) is 6.88. The monoisotopic (exact) mass is 330 g/mol. The van der Waals surface area contributed by atoms with Crippen LogP contribution in [0, 0.1) is 40.9 Å². The normalized spacial score (nSPS) is 49.0. The minimum atomic E-state index is -0.166. The Kier molecular flexibility index (Phi) is 4.18. The molecule has 134 valence electrons. The van der Waals surface area contributed by atoms with Gasteiger partial charge in [-0.2, -0.15) is 0 Å². The average Bonchev–Trinajstić information content (AvgIpc) is 2.90. The third-order valence-electron chi connectivity index (χ3n) is 8.60. The van der Waals surface area contributed by atoms with Crippen LogP contribution < -0.4 is 0 Å². The van der Waals surface area contributed by atoms with Crippen LogP contribution in [0.2, 0.25) is 0 Å². The molecular formula is C22H34O2. The standard InChI is InChI=1S/C22H34O2/c1-4-14-12-22(3)19(13(2)23)9-10-20(22)18-7-5-15-11-16(24)6-8-17(15)21(14)18/h11,13-14,17-21,23H,4-10,12H2,1-3H3/t13?,14?,17-,18-,19+,20-,21+,22+/m0/s1. The number of carbonyl (C=O) groups excluding carboxylic acids is 1. The summed E-state index contributed by atoms with van der Waals surface area (Å²) in [5.74, 6) is 4.73. The molecule has 1 N–H and O–H groups in total. The zero-order chi connectivity index (χ0) is 17.1. The van der Waals surface area contributed by atoms with Crippen molar-refractivity contribution in [3.05, 3.63) is 11.6 Å². The lowest BCUT2D eigenvalue weighted by Gasteiger charge is -2.57. The Hall–Kier alpha value is -0.630. The molecule has 0 saturated heterocycles. The van der Waals surface area contributed by atoms with Gasteiger partial charge in [-0.25, -0.2) is 0 Å². The number of fused-ring (bicyclic) bond motifs is 5. The van der Waals surface area contributed by atoms with Crippen molar-refractivity contribution in [2.75, 3.05) is 0 Å². The topological polar surface area (TPSA) is 37.3 Å². The first-order valence-corrected chi connectivity index (χ1v) is 10.4. The van der Waals surface area contributed by atoms with Crippen molar-refractivity contribution >= 4 is 5.78 Å². The fourth-order valence-corrected chi connectivity index (χ4v) is 7.75. The summed E-state index contributed by atoms with van der Waals surface area (Å²) in [4.78, 5) is 11.9. The maximum Gasteiger partial charge on any atom is 0.155 e. The number of hydrogen-bond donors (Lipinski definition) is 1. The van der Waals surface area contributed by atoms with Crippen molar-refractivity contribution in [1.82, 2.24) is 0 Å². The number of allylic oxidation sites excluding steroid dienone is 1. The van der Waals surface area contributed by atoms with E-state index in [0.717, 1.165) is 42.9 Å². The summed E-state index contributed by atoms with van der Waals surface area (Å²) >= 11 is 0. The van der Waals surface area contributed by atoms with Crippen LogP contribution in [0.25, 0.3) is 0 Å². The molecule has 2 nitrogen and oxygen atoms in total. The molecule has 0 bridgehead atoms. The summed E-state index contributed by atoms with van der Waals surface area (Å²) in [7, 11) is 0. The zero-order valence-electron chi connectivity index (χ0n) is 15.6. The Morgan fingerprint density at radius 1 is 1.25 bits per heavy atom. The molecule has 0 aromatic carbocycles. The molecule has 4 rings (SSSR count). The molecule has 0 aliphatic heterocycles. The predicted octanol–water partition coefficient (Wildman–Crippen LogP) is 4.76. The van der Waals surface area contributed by atoms with Gasteiger partial charge in [0.25, 0.3) is 0 Å². The van der Waals surface area contributed by atoms with Gasteiger partial charge >= 0.3 is 0 Å². The van der Waals surface area contributed by atoms with Gasteiger partial charge in [0.05, 0.1) is 6.10 Å². The highest BCUT2D eigenvalue weighted by Gasteiger charge is 2.59. The van der Waals surface area contributed by atoms with Gasteiger partial charge in [-0.15, -0.1) is 0 Å². The smallest absolute Gasteiger partial charge is 0.155 e. The second kappa shape index (κ2) is 5.97. The lowest BCUT2D eigenvalue weighted by atomic mass is 9.47. The first kappa shape index (κ1) is 16.8. The number of hydrogen-bond acceptors (Lipinski definition) is 2. The molecular weight excluding hydrogens is 296 g/mol. The van der Waals surface area contributed by atoms with Crippen LogP contribution in [0.1, 0.15) is 72.1 Å². The van der Waals surface area contributed by atoms with Crippen LogP contribution in [0.3, 0.4) is 0 Å². The molecule has 0 spiro atoms. The highest BCUT2D eigenvalue weighted by atomic mass is 16.3. The third kappa shape index (κ3) is 2.35. The van der Waals surface area contributed by atoms with E-state index in [4.69, 9.17) is 0 Å². The SMILES string of the molecule is CCC1C[C@]2(C)[C@@H](C(C)O)CC[C@H]2[C@@H]2CCC3=CC(=O)CC[C@@H]3[C@@H]12. The molecule has 0 radical (unpaired) electrons. The van der Waals surface area contributed by atoms with Crippen LogP contribution in [0.5, 0.6) is 0 Å². The highest BCUT2D eigenvalue weighted by molar-refractivity contribution is 5.91. The molecule has 24 heavy (non-hydrogen) atoms. The Labute approximate surface area is 147 Å². The van der Waals surface area contributed by atoms with Crippen LogP contribution in [-0.2, 0) is 4.79 Å². The minimum absolute atomic E-state index is 0.166. The number of rotatable bonds is 2. The Morgan fingerprint density at radius 3 is 2.75 bits per heavy atom. The molecule has 0 amide bonds. The van der Waals surface area contributed by atoms with Crippen LogP contribution in [0.4, 0.5) is 0 Å². The average molecular weight is 331 g/mol. The van der Waals surface area contributed by atoms with Crippen molar-refractivity contribution in [2.24, 2.45) is 40.9 Å². The minimum Gasteiger partial charge on any atom is -0.393 e. The van der Waals surface area contributed by atoms with E-state index >= 15 is 0 Å². The largest absolute Gasteiger partial charge is 0.393 e. The van der Waals surface area contributed by atoms with Crippen molar-refractivity contribution < 1.29 is 9.90 Å². The predicted molar refractivity (Wildman–Crippen MR) is 96.4 cm³/mol. The second-order valence-electron chi connectivity index (χ2n) is 9.52. The molecule has 3 saturated carbocycles. The van der Waals surface area contributed by atoms with Gasteiger partial charge in [0.2, 0.25) is 0 Å². The number of carbonyl (C=O) groups is 1. The lowest BCUT2D eigenvalue weighted by molar-refractivity contribution is -0.117. The van der Waals surface area contributed by atoms with Gasteiger partial charge in [-0.3, -0.25) is 4.79 Å².